The third kappa shape index (κ3) is 3.39. The summed E-state index contributed by atoms with van der Waals surface area (Å²) >= 11 is 0. The van der Waals surface area contributed by atoms with E-state index < -0.39 is 0 Å². The molecule has 0 bridgehead atoms. The fourth-order valence-electron chi connectivity index (χ4n) is 3.15. The highest BCUT2D eigenvalue weighted by Gasteiger charge is 2.18. The Bertz CT molecular complexity index is 405. The molecule has 1 saturated carbocycles. The van der Waals surface area contributed by atoms with Crippen LogP contribution in [0.3, 0.4) is 0 Å². The quantitative estimate of drug-likeness (QED) is 0.884. The van der Waals surface area contributed by atoms with Crippen LogP contribution < -0.4 is 16.0 Å². The topological polar surface area (TPSA) is 67.1 Å². The highest BCUT2D eigenvalue weighted by atomic mass is 15.2. The molecule has 0 spiro atoms. The largest absolute Gasteiger partial charge is 0.380 e. The molecule has 1 aliphatic carbocycles. The lowest BCUT2D eigenvalue weighted by molar-refractivity contribution is 0.411. The molecule has 5 heteroatoms. The predicted molar refractivity (Wildman–Crippen MR) is 82.0 cm³/mol. The third-order valence-corrected chi connectivity index (χ3v) is 4.42. The first kappa shape index (κ1) is 13.6. The fraction of sp³-hybridized carbons (Fsp3) is 0.733. The van der Waals surface area contributed by atoms with Crippen LogP contribution in [0.15, 0.2) is 12.4 Å². The summed E-state index contributed by atoms with van der Waals surface area (Å²) in [6, 6.07) is 0.921. The van der Waals surface area contributed by atoms with E-state index in [9.17, 15) is 0 Å². The highest BCUT2D eigenvalue weighted by Crippen LogP contribution is 2.21. The number of nitrogens with one attached hydrogen (secondary N) is 1. The van der Waals surface area contributed by atoms with Crippen LogP contribution in [0, 0.1) is 0 Å². The minimum atomic E-state index is 0.394. The third-order valence-electron chi connectivity index (χ3n) is 4.42. The van der Waals surface area contributed by atoms with Gasteiger partial charge in [0.05, 0.1) is 18.1 Å². The van der Waals surface area contributed by atoms with Crippen molar-refractivity contribution in [1.82, 2.24) is 9.97 Å². The number of hydrogen-bond donors (Lipinski definition) is 2. The first-order chi connectivity index (χ1) is 9.81. The first-order valence-corrected chi connectivity index (χ1v) is 7.90. The van der Waals surface area contributed by atoms with Crippen LogP contribution in [0.2, 0.25) is 0 Å². The summed E-state index contributed by atoms with van der Waals surface area (Å²) in [5, 5.41) is 3.53. The Kier molecular flexibility index (Phi) is 4.35. The zero-order valence-corrected chi connectivity index (χ0v) is 12.1. The number of piperidine rings is 1. The summed E-state index contributed by atoms with van der Waals surface area (Å²) in [7, 11) is 0. The Morgan fingerprint density at radius 2 is 1.65 bits per heavy atom. The van der Waals surface area contributed by atoms with Gasteiger partial charge in [-0.05, 0) is 44.9 Å². The van der Waals surface area contributed by atoms with Crippen molar-refractivity contribution in [3.05, 3.63) is 12.4 Å². The molecule has 2 aliphatic rings. The lowest BCUT2D eigenvalue weighted by Gasteiger charge is -2.28. The lowest BCUT2D eigenvalue weighted by Crippen LogP contribution is -2.33. The van der Waals surface area contributed by atoms with Crippen LogP contribution in [-0.4, -0.2) is 35.1 Å². The minimum Gasteiger partial charge on any atom is -0.380 e. The predicted octanol–water partition coefficient (Wildman–Crippen LogP) is 2.15. The van der Waals surface area contributed by atoms with E-state index in [1.54, 1.807) is 0 Å². The molecule has 1 aromatic rings. The van der Waals surface area contributed by atoms with E-state index in [1.165, 1.54) is 19.3 Å². The van der Waals surface area contributed by atoms with Crippen molar-refractivity contribution < 1.29 is 0 Å². The average Bonchev–Trinajstić information content (AvgIpc) is 2.51. The molecule has 110 valence electrons. The number of aromatic nitrogens is 2. The minimum absolute atomic E-state index is 0.394. The maximum Gasteiger partial charge on any atom is 0.225 e. The molecule has 3 rings (SSSR count). The summed E-state index contributed by atoms with van der Waals surface area (Å²) in [5.41, 5.74) is 6.97. The molecule has 0 radical (unpaired) electrons. The monoisotopic (exact) mass is 275 g/mol. The fourth-order valence-corrected chi connectivity index (χ4v) is 3.15. The molecule has 0 aromatic carbocycles. The molecule has 5 nitrogen and oxygen atoms in total. The van der Waals surface area contributed by atoms with Gasteiger partial charge in [0.1, 0.15) is 0 Å². The number of anilines is 2. The van der Waals surface area contributed by atoms with E-state index in [0.29, 0.717) is 12.1 Å². The van der Waals surface area contributed by atoms with E-state index in [4.69, 9.17) is 5.73 Å². The van der Waals surface area contributed by atoms with Gasteiger partial charge in [-0.3, -0.25) is 0 Å². The van der Waals surface area contributed by atoms with Crippen LogP contribution in [-0.2, 0) is 0 Å². The van der Waals surface area contributed by atoms with Crippen molar-refractivity contribution in [2.75, 3.05) is 23.3 Å². The zero-order chi connectivity index (χ0) is 13.8. The van der Waals surface area contributed by atoms with Gasteiger partial charge in [0.15, 0.2) is 0 Å². The smallest absolute Gasteiger partial charge is 0.225 e. The summed E-state index contributed by atoms with van der Waals surface area (Å²) in [6.07, 6.45) is 12.2. The van der Waals surface area contributed by atoms with Gasteiger partial charge < -0.3 is 16.0 Å². The molecular weight excluding hydrogens is 250 g/mol. The van der Waals surface area contributed by atoms with Gasteiger partial charge in [-0.2, -0.15) is 0 Å². The molecule has 0 atom stereocenters. The van der Waals surface area contributed by atoms with Crippen LogP contribution in [0.1, 0.15) is 44.9 Å². The Labute approximate surface area is 121 Å². The zero-order valence-electron chi connectivity index (χ0n) is 12.1. The van der Waals surface area contributed by atoms with E-state index >= 15 is 0 Å². The molecule has 3 N–H and O–H groups in total. The highest BCUT2D eigenvalue weighted by molar-refractivity contribution is 5.43. The Morgan fingerprint density at radius 3 is 2.30 bits per heavy atom. The maximum atomic E-state index is 5.93. The standard InChI is InChI=1S/C15H25N5/c16-12-4-6-13(7-5-12)19-14-10-17-15(18-11-14)20-8-2-1-3-9-20/h10-13,19H,1-9,16H2. The van der Waals surface area contributed by atoms with Crippen molar-refractivity contribution in [2.24, 2.45) is 5.73 Å². The van der Waals surface area contributed by atoms with Crippen molar-refractivity contribution >= 4 is 11.6 Å². The second-order valence-corrected chi connectivity index (χ2v) is 6.08. The summed E-state index contributed by atoms with van der Waals surface area (Å²) in [5.74, 6) is 0.876. The maximum absolute atomic E-state index is 5.93. The molecule has 1 saturated heterocycles. The SMILES string of the molecule is NC1CCC(Nc2cnc(N3CCCCC3)nc2)CC1. The molecule has 2 heterocycles. The van der Waals surface area contributed by atoms with E-state index in [2.05, 4.69) is 20.2 Å². The van der Waals surface area contributed by atoms with Gasteiger partial charge in [-0.1, -0.05) is 0 Å². The van der Waals surface area contributed by atoms with Gasteiger partial charge in [0.2, 0.25) is 5.95 Å². The van der Waals surface area contributed by atoms with Gasteiger partial charge in [-0.25, -0.2) is 9.97 Å². The van der Waals surface area contributed by atoms with Crippen LogP contribution >= 0.6 is 0 Å². The van der Waals surface area contributed by atoms with Gasteiger partial charge in [0, 0.05) is 25.2 Å². The molecule has 0 amide bonds. The second kappa shape index (κ2) is 6.39. The van der Waals surface area contributed by atoms with E-state index in [-0.39, 0.29) is 0 Å². The van der Waals surface area contributed by atoms with Crippen molar-refractivity contribution in [2.45, 2.75) is 57.0 Å². The van der Waals surface area contributed by atoms with Crippen LogP contribution in [0.4, 0.5) is 11.6 Å². The molecular formula is C15H25N5. The molecule has 1 aliphatic heterocycles. The Balaban J connectivity index is 1.55. The van der Waals surface area contributed by atoms with Crippen molar-refractivity contribution in [3.63, 3.8) is 0 Å². The van der Waals surface area contributed by atoms with Gasteiger partial charge >= 0.3 is 0 Å². The van der Waals surface area contributed by atoms with Crippen molar-refractivity contribution in [3.8, 4) is 0 Å². The number of nitrogens with zero attached hydrogens (tertiary/aromatic N) is 3. The Morgan fingerprint density at radius 1 is 1.00 bits per heavy atom. The molecule has 1 aromatic heterocycles. The average molecular weight is 275 g/mol. The number of hydrogen-bond acceptors (Lipinski definition) is 5. The molecule has 20 heavy (non-hydrogen) atoms. The van der Waals surface area contributed by atoms with Gasteiger partial charge in [0.25, 0.3) is 0 Å². The van der Waals surface area contributed by atoms with Gasteiger partial charge in [-0.15, -0.1) is 0 Å². The lowest BCUT2D eigenvalue weighted by atomic mass is 9.92. The van der Waals surface area contributed by atoms with E-state index in [1.807, 2.05) is 12.4 Å². The second-order valence-electron chi connectivity index (χ2n) is 6.08. The number of nitrogens with two attached hydrogens (primary N) is 1. The van der Waals surface area contributed by atoms with Crippen LogP contribution in [0.5, 0.6) is 0 Å². The van der Waals surface area contributed by atoms with E-state index in [0.717, 1.165) is 50.4 Å². The Hall–Kier alpha value is -1.36. The summed E-state index contributed by atoms with van der Waals surface area (Å²) in [6.45, 7) is 2.18. The molecule has 0 unspecified atom stereocenters. The first-order valence-electron chi connectivity index (χ1n) is 7.90. The summed E-state index contributed by atoms with van der Waals surface area (Å²) in [4.78, 5) is 11.3. The normalized spacial score (nSPS) is 27.4. The van der Waals surface area contributed by atoms with Crippen LogP contribution in [0.25, 0.3) is 0 Å². The summed E-state index contributed by atoms with van der Waals surface area (Å²) < 4.78 is 0. The number of rotatable bonds is 3. The molecule has 2 fully saturated rings. The van der Waals surface area contributed by atoms with Crippen molar-refractivity contribution in [1.29, 1.82) is 0 Å².